The molecule has 0 aliphatic carbocycles. The number of carbonyl (C=O) groups is 1. The molecule has 0 radical (unpaired) electrons. The third-order valence-corrected chi connectivity index (χ3v) is 6.67. The molecule has 3 rings (SSSR count). The van der Waals surface area contributed by atoms with Crippen LogP contribution in [0.4, 0.5) is 9.52 Å². The van der Waals surface area contributed by atoms with E-state index in [0.717, 1.165) is 27.2 Å². The van der Waals surface area contributed by atoms with Gasteiger partial charge in [-0.1, -0.05) is 22.9 Å². The third-order valence-electron chi connectivity index (χ3n) is 4.22. The topological polar surface area (TPSA) is 36.4 Å². The van der Waals surface area contributed by atoms with Gasteiger partial charge in [0.1, 0.15) is 5.82 Å². The van der Waals surface area contributed by atoms with E-state index >= 15 is 0 Å². The molecule has 0 saturated carbocycles. The molecule has 0 fully saturated rings. The number of hydrogen-bond donors (Lipinski definition) is 0. The molecule has 0 aliphatic rings. The van der Waals surface area contributed by atoms with Crippen molar-refractivity contribution >= 4 is 68.4 Å². The lowest BCUT2D eigenvalue weighted by molar-refractivity contribution is -0.116. The van der Waals surface area contributed by atoms with Crippen molar-refractivity contribution in [2.75, 3.05) is 37.8 Å². The number of anilines is 1. The van der Waals surface area contributed by atoms with Crippen molar-refractivity contribution in [1.82, 2.24) is 9.88 Å². The van der Waals surface area contributed by atoms with E-state index in [9.17, 15) is 9.18 Å². The van der Waals surface area contributed by atoms with Crippen LogP contribution >= 0.6 is 47.1 Å². The van der Waals surface area contributed by atoms with Gasteiger partial charge in [0.15, 0.2) is 5.13 Å². The van der Waals surface area contributed by atoms with Gasteiger partial charge in [-0.15, -0.1) is 24.2 Å². The zero-order chi connectivity index (χ0) is 20.3. The lowest BCUT2D eigenvalue weighted by atomic mass is 10.2. The first-order valence-corrected chi connectivity index (χ1v) is 10.9. The van der Waals surface area contributed by atoms with Crippen molar-refractivity contribution in [1.29, 1.82) is 0 Å². The third kappa shape index (κ3) is 6.06. The van der Waals surface area contributed by atoms with E-state index in [2.05, 4.69) is 0 Å². The summed E-state index contributed by atoms with van der Waals surface area (Å²) in [4.78, 5) is 22.3. The average Bonchev–Trinajstić information content (AvgIpc) is 3.09. The van der Waals surface area contributed by atoms with Crippen LogP contribution in [-0.4, -0.2) is 48.7 Å². The highest BCUT2D eigenvalue weighted by Gasteiger charge is 2.21. The maximum Gasteiger partial charge on any atom is 0.239 e. The summed E-state index contributed by atoms with van der Waals surface area (Å²) in [6, 6.07) is 9.96. The van der Waals surface area contributed by atoms with E-state index in [0.29, 0.717) is 16.7 Å². The Morgan fingerprint density at radius 2 is 1.86 bits per heavy atom. The van der Waals surface area contributed by atoms with Crippen LogP contribution in [0.1, 0.15) is 5.56 Å². The normalized spacial score (nSPS) is 11.0. The van der Waals surface area contributed by atoms with E-state index in [1.54, 1.807) is 17.0 Å². The molecule has 9 heteroatoms. The molecule has 0 unspecified atom stereocenters. The van der Waals surface area contributed by atoms with Gasteiger partial charge in [0, 0.05) is 23.0 Å². The second-order valence-corrected chi connectivity index (χ2v) is 9.07. The molecule has 29 heavy (non-hydrogen) atoms. The van der Waals surface area contributed by atoms with Gasteiger partial charge in [-0.2, -0.15) is 0 Å². The Morgan fingerprint density at radius 3 is 2.52 bits per heavy atom. The van der Waals surface area contributed by atoms with Gasteiger partial charge in [0.25, 0.3) is 0 Å². The van der Waals surface area contributed by atoms with E-state index < -0.39 is 0 Å². The lowest BCUT2D eigenvalue weighted by Crippen LogP contribution is -2.37. The number of rotatable bonds is 7. The number of aromatic nitrogens is 1. The monoisotopic (exact) mass is 473 g/mol. The molecule has 4 nitrogen and oxygen atoms in total. The zero-order valence-electron chi connectivity index (χ0n) is 16.3. The second kappa shape index (κ2) is 10.6. The fraction of sp³-hybridized carbons (Fsp3) is 0.300. The van der Waals surface area contributed by atoms with Crippen LogP contribution in [-0.2, 0) is 4.79 Å². The fourth-order valence-corrected chi connectivity index (χ4v) is 4.58. The molecule has 1 aromatic heterocycles. The van der Waals surface area contributed by atoms with Gasteiger partial charge in [-0.25, -0.2) is 9.37 Å². The highest BCUT2D eigenvalue weighted by atomic mass is 35.5. The highest BCUT2D eigenvalue weighted by Crippen LogP contribution is 2.34. The van der Waals surface area contributed by atoms with E-state index in [4.69, 9.17) is 16.6 Å². The highest BCUT2D eigenvalue weighted by molar-refractivity contribution is 8.00. The molecule has 0 N–H and O–H groups in total. The molecule has 0 aliphatic heterocycles. The number of thioether (sulfide) groups is 1. The number of halogens is 3. The fourth-order valence-electron chi connectivity index (χ4n) is 2.59. The summed E-state index contributed by atoms with van der Waals surface area (Å²) >= 11 is 9.10. The van der Waals surface area contributed by atoms with Crippen LogP contribution in [0.25, 0.3) is 10.2 Å². The van der Waals surface area contributed by atoms with Crippen LogP contribution in [0, 0.1) is 12.7 Å². The van der Waals surface area contributed by atoms with E-state index in [1.807, 2.05) is 38.1 Å². The van der Waals surface area contributed by atoms with Gasteiger partial charge in [-0.3, -0.25) is 9.69 Å². The van der Waals surface area contributed by atoms with Crippen molar-refractivity contribution in [3.05, 3.63) is 52.8 Å². The Kier molecular flexibility index (Phi) is 8.73. The number of amides is 1. The van der Waals surface area contributed by atoms with Crippen molar-refractivity contribution < 1.29 is 9.18 Å². The van der Waals surface area contributed by atoms with Crippen LogP contribution in [0.5, 0.6) is 0 Å². The quantitative estimate of drug-likeness (QED) is 0.424. The molecular formula is C20H22Cl2FN3OS2. The molecule has 1 amide bonds. The van der Waals surface area contributed by atoms with Crippen molar-refractivity contribution in [2.45, 2.75) is 11.8 Å². The number of likely N-dealkylation sites (N-methyl/N-ethyl adjacent to an activating group) is 1. The number of hydrogen-bond acceptors (Lipinski definition) is 5. The summed E-state index contributed by atoms with van der Waals surface area (Å²) in [7, 11) is 3.94. The molecular weight excluding hydrogens is 452 g/mol. The van der Waals surface area contributed by atoms with Crippen molar-refractivity contribution in [3.8, 4) is 0 Å². The summed E-state index contributed by atoms with van der Waals surface area (Å²) in [5, 5.41) is 1.34. The first-order valence-electron chi connectivity index (χ1n) is 8.74. The number of aryl methyl sites for hydroxylation is 1. The van der Waals surface area contributed by atoms with Gasteiger partial charge in [-0.05, 0) is 63.0 Å². The first-order chi connectivity index (χ1) is 13.3. The average molecular weight is 474 g/mol. The Labute approximate surface area is 189 Å². The van der Waals surface area contributed by atoms with Gasteiger partial charge >= 0.3 is 0 Å². The van der Waals surface area contributed by atoms with Crippen LogP contribution in [0.15, 0.2) is 41.3 Å². The lowest BCUT2D eigenvalue weighted by Gasteiger charge is -2.21. The minimum Gasteiger partial charge on any atom is -0.308 e. The Balaban J connectivity index is 0.00000300. The Hall–Kier alpha value is -1.38. The predicted molar refractivity (Wildman–Crippen MR) is 125 cm³/mol. The number of benzene rings is 2. The number of carbonyl (C=O) groups excluding carboxylic acids is 1. The minimum atomic E-state index is -0.285. The Bertz CT molecular complexity index is 980. The molecule has 156 valence electrons. The number of fused-ring (bicyclic) bond motifs is 1. The van der Waals surface area contributed by atoms with E-state index in [-0.39, 0.29) is 29.9 Å². The molecule has 0 spiro atoms. The standard InChI is InChI=1S/C20H21ClFN3OS2.ClH/c1-13-16(21)8-9-17-19(13)23-20(28-17)25(11-10-24(2)3)18(26)12-27-15-6-4-14(22)5-7-15;/h4-9H,10-12H2,1-3H3;1H. The number of nitrogens with zero attached hydrogens (tertiary/aromatic N) is 3. The van der Waals surface area contributed by atoms with Crippen molar-refractivity contribution in [2.24, 2.45) is 0 Å². The van der Waals surface area contributed by atoms with Crippen LogP contribution < -0.4 is 4.90 Å². The van der Waals surface area contributed by atoms with Gasteiger partial charge in [0.2, 0.25) is 5.91 Å². The maximum atomic E-state index is 13.1. The molecule has 3 aromatic rings. The smallest absolute Gasteiger partial charge is 0.239 e. The van der Waals surface area contributed by atoms with Crippen LogP contribution in [0.2, 0.25) is 5.02 Å². The van der Waals surface area contributed by atoms with Crippen LogP contribution in [0.3, 0.4) is 0 Å². The summed E-state index contributed by atoms with van der Waals surface area (Å²) in [5.74, 6) is -0.0554. The summed E-state index contributed by atoms with van der Waals surface area (Å²) in [5.41, 5.74) is 1.75. The minimum absolute atomic E-state index is 0. The molecule has 0 saturated heterocycles. The maximum absolute atomic E-state index is 13.1. The second-order valence-electron chi connectivity index (χ2n) is 6.61. The summed E-state index contributed by atoms with van der Waals surface area (Å²) in [6.45, 7) is 3.20. The SMILES string of the molecule is Cc1c(Cl)ccc2sc(N(CCN(C)C)C(=O)CSc3ccc(F)cc3)nc12.Cl. The predicted octanol–water partition coefficient (Wildman–Crippen LogP) is 5.51. The molecule has 1 heterocycles. The Morgan fingerprint density at radius 1 is 1.17 bits per heavy atom. The molecule has 0 atom stereocenters. The van der Waals surface area contributed by atoms with Gasteiger partial charge in [0.05, 0.1) is 16.0 Å². The summed E-state index contributed by atoms with van der Waals surface area (Å²) in [6.07, 6.45) is 0. The summed E-state index contributed by atoms with van der Waals surface area (Å²) < 4.78 is 14.1. The molecule has 0 bridgehead atoms. The first kappa shape index (κ1) is 23.9. The largest absolute Gasteiger partial charge is 0.308 e. The van der Waals surface area contributed by atoms with Gasteiger partial charge < -0.3 is 4.90 Å². The molecule has 2 aromatic carbocycles. The van der Waals surface area contributed by atoms with E-state index in [1.165, 1.54) is 35.2 Å². The van der Waals surface area contributed by atoms with Crippen molar-refractivity contribution in [3.63, 3.8) is 0 Å². The zero-order valence-corrected chi connectivity index (χ0v) is 19.5. The number of thiazole rings is 1.